The van der Waals surface area contributed by atoms with Gasteiger partial charge in [-0.15, -0.1) is 0 Å². The molecule has 0 bridgehead atoms. The molecule has 0 atom stereocenters. The summed E-state index contributed by atoms with van der Waals surface area (Å²) in [5.74, 6) is 0. The Morgan fingerprint density at radius 1 is 0.824 bits per heavy atom. The number of aliphatic hydroxyl groups excluding tert-OH is 1. The molecular weight excluding hydrogens is 210 g/mol. The topological polar surface area (TPSA) is 20.2 Å². The minimum absolute atomic E-state index is 0.140. The third-order valence-corrected chi connectivity index (χ3v) is 3.71. The summed E-state index contributed by atoms with van der Waals surface area (Å²) in [6.07, 6.45) is 0. The van der Waals surface area contributed by atoms with Gasteiger partial charge in [-0.05, 0) is 33.3 Å². The van der Waals surface area contributed by atoms with E-state index < -0.39 is 0 Å². The molecule has 2 heteroatoms. The lowest BCUT2D eigenvalue weighted by molar-refractivity contribution is -0.921. The lowest BCUT2D eigenvalue weighted by Crippen LogP contribution is -2.47. The van der Waals surface area contributed by atoms with E-state index in [0.717, 1.165) is 5.56 Å². The number of quaternary nitrogens is 1. The van der Waals surface area contributed by atoms with E-state index in [4.69, 9.17) is 5.11 Å². The molecule has 0 fully saturated rings. The summed E-state index contributed by atoms with van der Waals surface area (Å²) in [6, 6.07) is 9.52. The number of aliphatic hydroxyl groups is 1. The second-order valence-corrected chi connectivity index (χ2v) is 4.25. The predicted molar refractivity (Wildman–Crippen MR) is 74.8 cm³/mol. The molecule has 0 aliphatic rings. The van der Waals surface area contributed by atoms with E-state index in [2.05, 4.69) is 27.7 Å². The molecule has 1 N–H and O–H groups in total. The molecule has 0 spiro atoms. The first-order valence-corrected chi connectivity index (χ1v) is 6.67. The maximum absolute atomic E-state index is 8.54. The summed E-state index contributed by atoms with van der Waals surface area (Å²) in [7, 11) is 0. The van der Waals surface area contributed by atoms with Gasteiger partial charge in [-0.1, -0.05) is 30.3 Å². The van der Waals surface area contributed by atoms with Gasteiger partial charge in [0.25, 0.3) is 0 Å². The minimum Gasteiger partial charge on any atom is -0.392 e. The monoisotopic (exact) mass is 238 g/mol. The van der Waals surface area contributed by atoms with Crippen molar-refractivity contribution >= 4 is 0 Å². The van der Waals surface area contributed by atoms with Crippen LogP contribution in [0.15, 0.2) is 30.3 Å². The highest BCUT2D eigenvalue weighted by Crippen LogP contribution is 2.03. The van der Waals surface area contributed by atoms with E-state index in [9.17, 15) is 0 Å². The molecule has 2 nitrogen and oxygen atoms in total. The van der Waals surface area contributed by atoms with Gasteiger partial charge in [-0.3, -0.25) is 0 Å². The van der Waals surface area contributed by atoms with Crippen LogP contribution in [-0.4, -0.2) is 35.8 Å². The largest absolute Gasteiger partial charge is 0.392 e. The van der Waals surface area contributed by atoms with Gasteiger partial charge in [0.2, 0.25) is 0 Å². The number of hydrogen-bond acceptors (Lipinski definition) is 1. The van der Waals surface area contributed by atoms with Crippen LogP contribution >= 0.6 is 0 Å². The van der Waals surface area contributed by atoms with E-state index in [0.29, 0.717) is 0 Å². The summed E-state index contributed by atoms with van der Waals surface area (Å²) in [5, 5.41) is 8.54. The van der Waals surface area contributed by atoms with Crippen LogP contribution < -0.4 is 0 Å². The molecule has 0 aliphatic heterocycles. The second-order valence-electron chi connectivity index (χ2n) is 4.25. The van der Waals surface area contributed by atoms with Crippen LogP contribution in [0.2, 0.25) is 0 Å². The Kier molecular flexibility index (Phi) is 8.73. The third kappa shape index (κ3) is 5.85. The number of benzene rings is 1. The Hall–Kier alpha value is -0.860. The highest BCUT2D eigenvalue weighted by atomic mass is 16.3. The van der Waals surface area contributed by atoms with Crippen molar-refractivity contribution in [3.05, 3.63) is 35.9 Å². The molecule has 98 valence electrons. The quantitative estimate of drug-likeness (QED) is 0.782. The lowest BCUT2D eigenvalue weighted by atomic mass is 10.2. The molecule has 0 aromatic heterocycles. The highest BCUT2D eigenvalue weighted by Gasteiger charge is 2.16. The molecule has 1 rings (SSSR count). The Labute approximate surface area is 106 Å². The molecule has 0 saturated carbocycles. The minimum atomic E-state index is 0.140. The van der Waals surface area contributed by atoms with Crippen molar-refractivity contribution in [3.63, 3.8) is 0 Å². The molecule has 0 saturated heterocycles. The van der Waals surface area contributed by atoms with Crippen LogP contribution in [0.25, 0.3) is 0 Å². The fraction of sp³-hybridized carbons (Fsp3) is 0.600. The fourth-order valence-corrected chi connectivity index (χ4v) is 1.93. The van der Waals surface area contributed by atoms with Crippen molar-refractivity contribution in [1.82, 2.24) is 0 Å². The standard InChI is InChI=1S/C8H20N.C7H8O/c1-5-9(6-2,7-3)8-4;8-6-7-4-2-1-3-5-7/h5-8H2,1-4H3;1-5,8H,6H2/q+1;. The highest BCUT2D eigenvalue weighted by molar-refractivity contribution is 5.12. The van der Waals surface area contributed by atoms with E-state index in [1.807, 2.05) is 30.3 Å². The molecule has 17 heavy (non-hydrogen) atoms. The zero-order chi connectivity index (χ0) is 13.1. The average Bonchev–Trinajstić information content (AvgIpc) is 2.44. The smallest absolute Gasteiger partial charge is 0.0757 e. The molecule has 0 aliphatic carbocycles. The third-order valence-electron chi connectivity index (χ3n) is 3.71. The molecular formula is C15H28NO+. The summed E-state index contributed by atoms with van der Waals surface area (Å²) in [5.41, 5.74) is 0.965. The van der Waals surface area contributed by atoms with Crippen LogP contribution in [0, 0.1) is 0 Å². The van der Waals surface area contributed by atoms with Crippen LogP contribution in [-0.2, 0) is 6.61 Å². The van der Waals surface area contributed by atoms with Gasteiger partial charge >= 0.3 is 0 Å². The van der Waals surface area contributed by atoms with Crippen LogP contribution in [0.3, 0.4) is 0 Å². The van der Waals surface area contributed by atoms with Crippen molar-refractivity contribution in [2.24, 2.45) is 0 Å². The van der Waals surface area contributed by atoms with E-state index in [1.165, 1.54) is 30.7 Å². The van der Waals surface area contributed by atoms with Gasteiger partial charge in [-0.25, -0.2) is 0 Å². The van der Waals surface area contributed by atoms with Crippen molar-refractivity contribution in [3.8, 4) is 0 Å². The normalized spacial score (nSPS) is 10.6. The molecule has 1 aromatic rings. The maximum atomic E-state index is 8.54. The van der Waals surface area contributed by atoms with E-state index in [1.54, 1.807) is 0 Å². The zero-order valence-electron chi connectivity index (χ0n) is 11.8. The van der Waals surface area contributed by atoms with Crippen molar-refractivity contribution in [2.75, 3.05) is 26.2 Å². The van der Waals surface area contributed by atoms with Crippen LogP contribution in [0.4, 0.5) is 0 Å². The molecule has 0 unspecified atom stereocenters. The summed E-state index contributed by atoms with van der Waals surface area (Å²) in [6.45, 7) is 14.4. The van der Waals surface area contributed by atoms with Gasteiger partial charge in [0.15, 0.2) is 0 Å². The van der Waals surface area contributed by atoms with Crippen molar-refractivity contribution < 1.29 is 9.59 Å². The van der Waals surface area contributed by atoms with Gasteiger partial charge in [-0.2, -0.15) is 0 Å². The Bertz CT molecular complexity index is 250. The molecule has 0 radical (unpaired) electrons. The van der Waals surface area contributed by atoms with Gasteiger partial charge in [0, 0.05) is 0 Å². The number of hydrogen-bond donors (Lipinski definition) is 1. The number of rotatable bonds is 5. The Balaban J connectivity index is 0.000000302. The summed E-state index contributed by atoms with van der Waals surface area (Å²) >= 11 is 0. The Morgan fingerprint density at radius 2 is 1.24 bits per heavy atom. The first-order valence-electron chi connectivity index (χ1n) is 6.67. The van der Waals surface area contributed by atoms with Gasteiger partial charge < -0.3 is 9.59 Å². The fourth-order valence-electron chi connectivity index (χ4n) is 1.93. The average molecular weight is 238 g/mol. The summed E-state index contributed by atoms with van der Waals surface area (Å²) < 4.78 is 1.28. The Morgan fingerprint density at radius 3 is 1.41 bits per heavy atom. The van der Waals surface area contributed by atoms with Gasteiger partial charge in [0.05, 0.1) is 32.8 Å². The SMILES string of the molecule is CC[N+](CC)(CC)CC.OCc1ccccc1. The van der Waals surface area contributed by atoms with E-state index in [-0.39, 0.29) is 6.61 Å². The van der Waals surface area contributed by atoms with E-state index >= 15 is 0 Å². The predicted octanol–water partition coefficient (Wildman–Crippen LogP) is 3.06. The van der Waals surface area contributed by atoms with Crippen molar-refractivity contribution in [2.45, 2.75) is 34.3 Å². The molecule has 0 amide bonds. The first-order chi connectivity index (χ1) is 8.17. The lowest BCUT2D eigenvalue weighted by Gasteiger charge is -2.34. The molecule has 0 heterocycles. The zero-order valence-corrected chi connectivity index (χ0v) is 11.8. The van der Waals surface area contributed by atoms with Gasteiger partial charge in [0.1, 0.15) is 0 Å². The second kappa shape index (κ2) is 9.20. The van der Waals surface area contributed by atoms with Crippen LogP contribution in [0.1, 0.15) is 33.3 Å². The number of nitrogens with zero attached hydrogens (tertiary/aromatic N) is 1. The maximum Gasteiger partial charge on any atom is 0.0757 e. The summed E-state index contributed by atoms with van der Waals surface area (Å²) in [4.78, 5) is 0. The first kappa shape index (κ1) is 16.1. The molecule has 1 aromatic carbocycles. The van der Waals surface area contributed by atoms with Crippen LogP contribution in [0.5, 0.6) is 0 Å². The van der Waals surface area contributed by atoms with Crippen molar-refractivity contribution in [1.29, 1.82) is 0 Å².